The van der Waals surface area contributed by atoms with Crippen LogP contribution in [0.25, 0.3) is 0 Å². The lowest BCUT2D eigenvalue weighted by Crippen LogP contribution is -2.35. The van der Waals surface area contributed by atoms with Gasteiger partial charge in [-0.15, -0.1) is 0 Å². The molecule has 3 rings (SSSR count). The first-order chi connectivity index (χ1) is 13.3. The summed E-state index contributed by atoms with van der Waals surface area (Å²) in [6.45, 7) is 0.340. The van der Waals surface area contributed by atoms with Crippen LogP contribution in [0.5, 0.6) is 17.2 Å². The van der Waals surface area contributed by atoms with E-state index in [0.29, 0.717) is 30.2 Å². The molecule has 0 unspecified atom stereocenters. The second-order valence-electron chi connectivity index (χ2n) is 6.33. The van der Waals surface area contributed by atoms with E-state index in [2.05, 4.69) is 10.6 Å². The maximum absolute atomic E-state index is 12.6. The molecule has 0 spiro atoms. The zero-order valence-corrected chi connectivity index (χ0v) is 14.9. The maximum Gasteiger partial charge on any atom is 0.416 e. The fourth-order valence-electron chi connectivity index (χ4n) is 2.83. The topological polar surface area (TPSA) is 79.8 Å². The van der Waals surface area contributed by atoms with Crippen molar-refractivity contribution >= 4 is 11.6 Å². The van der Waals surface area contributed by atoms with Crippen molar-refractivity contribution in [2.45, 2.75) is 24.7 Å². The number of anilines is 1. The summed E-state index contributed by atoms with van der Waals surface area (Å²) in [6.07, 6.45) is -4.69. The van der Waals surface area contributed by atoms with Gasteiger partial charge in [0.15, 0.2) is 0 Å². The van der Waals surface area contributed by atoms with Crippen molar-refractivity contribution in [1.82, 2.24) is 5.32 Å². The summed E-state index contributed by atoms with van der Waals surface area (Å²) in [6, 6.07) is 8.43. The van der Waals surface area contributed by atoms with E-state index in [1.165, 1.54) is 25.3 Å². The highest BCUT2D eigenvalue weighted by atomic mass is 19.4. The van der Waals surface area contributed by atoms with Crippen molar-refractivity contribution < 1.29 is 32.5 Å². The number of aliphatic hydroxyl groups is 1. The van der Waals surface area contributed by atoms with E-state index >= 15 is 0 Å². The fourth-order valence-corrected chi connectivity index (χ4v) is 2.83. The van der Waals surface area contributed by atoms with E-state index in [4.69, 9.17) is 9.47 Å². The van der Waals surface area contributed by atoms with Crippen LogP contribution in [0.3, 0.4) is 0 Å². The third kappa shape index (κ3) is 4.73. The van der Waals surface area contributed by atoms with Crippen LogP contribution in [0, 0.1) is 0 Å². The van der Waals surface area contributed by atoms with Crippen molar-refractivity contribution in [2.75, 3.05) is 19.0 Å². The Morgan fingerprint density at radius 2 is 1.86 bits per heavy atom. The van der Waals surface area contributed by atoms with E-state index < -0.39 is 23.9 Å². The number of ether oxygens (including phenoxy) is 2. The highest BCUT2D eigenvalue weighted by Crippen LogP contribution is 2.34. The van der Waals surface area contributed by atoms with E-state index in [1.54, 1.807) is 12.1 Å². The molecule has 1 saturated heterocycles. The monoisotopic (exact) mass is 396 g/mol. The highest BCUT2D eigenvalue weighted by molar-refractivity contribution is 5.96. The lowest BCUT2D eigenvalue weighted by molar-refractivity contribution is -0.137. The zero-order valence-electron chi connectivity index (χ0n) is 14.9. The van der Waals surface area contributed by atoms with Gasteiger partial charge in [0.25, 0.3) is 0 Å². The smallest absolute Gasteiger partial charge is 0.416 e. The number of rotatable bonds is 5. The SMILES string of the molecule is COc1ccc(Oc2ccc(C(F)(F)F)cc2)cc1NC(=O)[C@@H]1C[C@@H](O)CN1. The van der Waals surface area contributed by atoms with Crippen molar-refractivity contribution in [3.8, 4) is 17.2 Å². The Bertz CT molecular complexity index is 840. The molecule has 1 fully saturated rings. The number of amides is 1. The van der Waals surface area contributed by atoms with Crippen LogP contribution in [0.15, 0.2) is 42.5 Å². The summed E-state index contributed by atoms with van der Waals surface area (Å²) in [4.78, 5) is 12.3. The lowest BCUT2D eigenvalue weighted by Gasteiger charge is -2.15. The molecule has 6 nitrogen and oxygen atoms in total. The fraction of sp³-hybridized carbons (Fsp3) is 0.316. The number of halogens is 3. The summed E-state index contributed by atoms with van der Waals surface area (Å²) >= 11 is 0. The molecular formula is C19H19F3N2O4. The van der Waals surface area contributed by atoms with Gasteiger partial charge < -0.3 is 25.2 Å². The molecule has 1 amide bonds. The molecule has 9 heteroatoms. The average molecular weight is 396 g/mol. The third-order valence-electron chi connectivity index (χ3n) is 4.27. The Hall–Kier alpha value is -2.78. The molecule has 2 aromatic rings. The minimum Gasteiger partial charge on any atom is -0.495 e. The normalized spacial score (nSPS) is 19.3. The molecule has 1 aliphatic rings. The number of alkyl halides is 3. The van der Waals surface area contributed by atoms with Gasteiger partial charge in [-0.2, -0.15) is 13.2 Å². The van der Waals surface area contributed by atoms with Crippen molar-refractivity contribution in [3.63, 3.8) is 0 Å². The molecule has 0 saturated carbocycles. The van der Waals surface area contributed by atoms with Gasteiger partial charge in [0.1, 0.15) is 17.2 Å². The molecule has 0 aliphatic carbocycles. The quantitative estimate of drug-likeness (QED) is 0.724. The maximum atomic E-state index is 12.6. The Balaban J connectivity index is 1.74. The zero-order chi connectivity index (χ0) is 20.3. The molecule has 1 aliphatic heterocycles. The number of carbonyl (C=O) groups is 1. The molecule has 2 atom stereocenters. The molecule has 0 aromatic heterocycles. The summed E-state index contributed by atoms with van der Waals surface area (Å²) in [5.41, 5.74) is -0.422. The van der Waals surface area contributed by atoms with Crippen LogP contribution in [0.1, 0.15) is 12.0 Å². The van der Waals surface area contributed by atoms with Crippen LogP contribution >= 0.6 is 0 Å². The van der Waals surface area contributed by atoms with Crippen LogP contribution in [-0.2, 0) is 11.0 Å². The van der Waals surface area contributed by atoms with Gasteiger partial charge in [-0.05, 0) is 42.8 Å². The molecule has 150 valence electrons. The van der Waals surface area contributed by atoms with E-state index in [9.17, 15) is 23.1 Å². The Morgan fingerprint density at radius 1 is 1.18 bits per heavy atom. The summed E-state index contributed by atoms with van der Waals surface area (Å²) < 4.78 is 48.7. The summed E-state index contributed by atoms with van der Waals surface area (Å²) in [7, 11) is 1.44. The van der Waals surface area contributed by atoms with Crippen molar-refractivity contribution in [2.24, 2.45) is 0 Å². The number of benzene rings is 2. The van der Waals surface area contributed by atoms with E-state index in [1.807, 2.05) is 0 Å². The highest BCUT2D eigenvalue weighted by Gasteiger charge is 2.30. The number of methoxy groups -OCH3 is 1. The Labute approximate surface area is 159 Å². The molecular weight excluding hydrogens is 377 g/mol. The summed E-state index contributed by atoms with van der Waals surface area (Å²) in [5, 5.41) is 15.2. The van der Waals surface area contributed by atoms with Gasteiger partial charge in [-0.3, -0.25) is 4.79 Å². The van der Waals surface area contributed by atoms with Gasteiger partial charge in [0.05, 0.1) is 30.5 Å². The minimum absolute atomic E-state index is 0.219. The van der Waals surface area contributed by atoms with Gasteiger partial charge in [0.2, 0.25) is 5.91 Å². The van der Waals surface area contributed by atoms with Gasteiger partial charge in [0, 0.05) is 12.6 Å². The molecule has 2 aromatic carbocycles. The van der Waals surface area contributed by atoms with Crippen molar-refractivity contribution in [3.05, 3.63) is 48.0 Å². The van der Waals surface area contributed by atoms with Crippen LogP contribution < -0.4 is 20.1 Å². The van der Waals surface area contributed by atoms with Gasteiger partial charge in [-0.1, -0.05) is 0 Å². The minimum atomic E-state index is -4.42. The first-order valence-corrected chi connectivity index (χ1v) is 8.51. The Kier molecular flexibility index (Phi) is 5.76. The standard InChI is InChI=1S/C19H19F3N2O4/c1-27-17-7-6-14(28-13-4-2-11(3-5-13)19(20,21)22)9-15(17)24-18(26)16-8-12(25)10-23-16/h2-7,9,12,16,23,25H,8,10H2,1H3,(H,24,26)/t12-,16+/m1/s1. The number of hydrogen-bond donors (Lipinski definition) is 3. The molecule has 3 N–H and O–H groups in total. The second-order valence-corrected chi connectivity index (χ2v) is 6.33. The van der Waals surface area contributed by atoms with Crippen LogP contribution in [0.2, 0.25) is 0 Å². The molecule has 28 heavy (non-hydrogen) atoms. The predicted molar refractivity (Wildman–Crippen MR) is 95.6 cm³/mol. The van der Waals surface area contributed by atoms with Gasteiger partial charge >= 0.3 is 6.18 Å². The van der Waals surface area contributed by atoms with E-state index in [0.717, 1.165) is 12.1 Å². The largest absolute Gasteiger partial charge is 0.495 e. The second kappa shape index (κ2) is 8.07. The number of nitrogens with one attached hydrogen (secondary N) is 2. The summed E-state index contributed by atoms with van der Waals surface area (Å²) in [5.74, 6) is 0.597. The first-order valence-electron chi connectivity index (χ1n) is 8.51. The molecule has 0 radical (unpaired) electrons. The molecule has 0 bridgehead atoms. The van der Waals surface area contributed by atoms with Crippen molar-refractivity contribution in [1.29, 1.82) is 0 Å². The number of carbonyl (C=O) groups excluding carboxylic acids is 1. The van der Waals surface area contributed by atoms with Crippen LogP contribution in [-0.4, -0.2) is 36.8 Å². The Morgan fingerprint density at radius 3 is 2.43 bits per heavy atom. The number of aliphatic hydroxyl groups excluding tert-OH is 1. The number of hydrogen-bond acceptors (Lipinski definition) is 5. The van der Waals surface area contributed by atoms with Crippen LogP contribution in [0.4, 0.5) is 18.9 Å². The first kappa shape index (κ1) is 20.0. The average Bonchev–Trinajstić information content (AvgIpc) is 3.08. The number of β-amino-alcohol motifs (C(OH)–C–C–N with tert-alkyl or cyclic N) is 1. The van der Waals surface area contributed by atoms with E-state index in [-0.39, 0.29) is 11.7 Å². The third-order valence-corrected chi connectivity index (χ3v) is 4.27. The van der Waals surface area contributed by atoms with Gasteiger partial charge in [-0.25, -0.2) is 0 Å². The lowest BCUT2D eigenvalue weighted by atomic mass is 10.2. The predicted octanol–water partition coefficient (Wildman–Crippen LogP) is 3.17. The molecule has 1 heterocycles.